The number of nitrogens with zero attached hydrogens (tertiary/aromatic N) is 1. The highest BCUT2D eigenvalue weighted by Crippen LogP contribution is 2.27. The number of hydrogen-bond donors (Lipinski definition) is 2. The highest BCUT2D eigenvalue weighted by atomic mass is 35.5. The Morgan fingerprint density at radius 1 is 1.38 bits per heavy atom. The zero-order valence-electron chi connectivity index (χ0n) is 13.4. The van der Waals surface area contributed by atoms with Gasteiger partial charge >= 0.3 is 0 Å². The van der Waals surface area contributed by atoms with Crippen molar-refractivity contribution in [3.05, 3.63) is 28.8 Å². The molecule has 0 atom stereocenters. The summed E-state index contributed by atoms with van der Waals surface area (Å²) < 4.78 is 0. The van der Waals surface area contributed by atoms with Crippen molar-refractivity contribution in [2.75, 3.05) is 32.1 Å². The van der Waals surface area contributed by atoms with E-state index in [4.69, 9.17) is 11.6 Å². The Morgan fingerprint density at radius 2 is 2.10 bits per heavy atom. The van der Waals surface area contributed by atoms with E-state index in [9.17, 15) is 4.79 Å². The minimum absolute atomic E-state index is 0.0448. The van der Waals surface area contributed by atoms with Crippen molar-refractivity contribution in [1.29, 1.82) is 0 Å². The molecule has 0 bridgehead atoms. The van der Waals surface area contributed by atoms with Crippen molar-refractivity contribution in [3.8, 4) is 0 Å². The van der Waals surface area contributed by atoms with Crippen molar-refractivity contribution in [1.82, 2.24) is 10.6 Å². The molecule has 0 aromatic heterocycles. The molecule has 0 heterocycles. The molecule has 0 saturated carbocycles. The van der Waals surface area contributed by atoms with E-state index in [2.05, 4.69) is 29.4 Å². The maximum Gasteiger partial charge on any atom is 0.221 e. The van der Waals surface area contributed by atoms with Crippen LogP contribution < -0.4 is 15.5 Å². The minimum Gasteiger partial charge on any atom is -0.374 e. The van der Waals surface area contributed by atoms with Gasteiger partial charge in [0.05, 0.1) is 0 Å². The Hall–Kier alpha value is -1.26. The Balaban J connectivity index is 2.75. The fourth-order valence-electron chi connectivity index (χ4n) is 2.08. The van der Waals surface area contributed by atoms with E-state index >= 15 is 0 Å². The number of anilines is 1. The Morgan fingerprint density at radius 3 is 2.71 bits per heavy atom. The van der Waals surface area contributed by atoms with Crippen LogP contribution in [0.3, 0.4) is 0 Å². The molecule has 0 unspecified atom stereocenters. The van der Waals surface area contributed by atoms with Gasteiger partial charge in [-0.25, -0.2) is 0 Å². The molecule has 21 heavy (non-hydrogen) atoms. The molecule has 4 nitrogen and oxygen atoms in total. The number of nitrogens with one attached hydrogen (secondary N) is 2. The second kappa shape index (κ2) is 8.90. The first-order chi connectivity index (χ1) is 9.95. The second-order valence-electron chi connectivity index (χ2n) is 5.61. The molecule has 0 aliphatic rings. The molecular weight excluding hydrogens is 286 g/mol. The SMILES string of the molecule is CNC(=O)CCN(C)c1cccc(Cl)c1CNCC(C)C. The van der Waals surface area contributed by atoms with Crippen LogP contribution in [-0.2, 0) is 11.3 Å². The molecule has 0 radical (unpaired) electrons. The van der Waals surface area contributed by atoms with E-state index in [-0.39, 0.29) is 5.91 Å². The first-order valence-electron chi connectivity index (χ1n) is 7.35. The number of benzene rings is 1. The summed E-state index contributed by atoms with van der Waals surface area (Å²) in [6, 6.07) is 5.89. The molecule has 0 spiro atoms. The van der Waals surface area contributed by atoms with Crippen LogP contribution >= 0.6 is 11.6 Å². The zero-order valence-corrected chi connectivity index (χ0v) is 14.1. The molecule has 118 valence electrons. The third-order valence-electron chi connectivity index (χ3n) is 3.31. The van der Waals surface area contributed by atoms with Crippen molar-refractivity contribution in [2.45, 2.75) is 26.8 Å². The summed E-state index contributed by atoms with van der Waals surface area (Å²) >= 11 is 6.33. The summed E-state index contributed by atoms with van der Waals surface area (Å²) in [5.41, 5.74) is 2.15. The number of rotatable bonds is 8. The lowest BCUT2D eigenvalue weighted by Crippen LogP contribution is -2.28. The second-order valence-corrected chi connectivity index (χ2v) is 6.01. The van der Waals surface area contributed by atoms with Crippen LogP contribution in [0, 0.1) is 5.92 Å². The molecule has 0 aliphatic heterocycles. The number of halogens is 1. The maximum absolute atomic E-state index is 11.4. The van der Waals surface area contributed by atoms with Crippen molar-refractivity contribution in [2.24, 2.45) is 5.92 Å². The number of hydrogen-bond acceptors (Lipinski definition) is 3. The van der Waals surface area contributed by atoms with Gasteiger partial charge in [0.2, 0.25) is 5.91 Å². The van der Waals surface area contributed by atoms with Gasteiger partial charge in [-0.3, -0.25) is 4.79 Å². The van der Waals surface area contributed by atoms with Gasteiger partial charge in [-0.05, 0) is 24.6 Å². The summed E-state index contributed by atoms with van der Waals surface area (Å²) in [6.07, 6.45) is 0.471. The number of carbonyl (C=O) groups excluding carboxylic acids is 1. The van der Waals surface area contributed by atoms with Gasteiger partial charge < -0.3 is 15.5 Å². The number of amides is 1. The smallest absolute Gasteiger partial charge is 0.221 e. The van der Waals surface area contributed by atoms with Crippen LogP contribution in [0.1, 0.15) is 25.8 Å². The third kappa shape index (κ3) is 5.94. The van der Waals surface area contributed by atoms with Gasteiger partial charge in [0.25, 0.3) is 0 Å². The summed E-state index contributed by atoms with van der Waals surface area (Å²) in [6.45, 7) is 6.70. The topological polar surface area (TPSA) is 44.4 Å². The molecule has 5 heteroatoms. The van der Waals surface area contributed by atoms with Crippen molar-refractivity contribution < 1.29 is 4.79 Å². The number of carbonyl (C=O) groups is 1. The van der Waals surface area contributed by atoms with Crippen LogP contribution in [0.15, 0.2) is 18.2 Å². The van der Waals surface area contributed by atoms with Gasteiger partial charge in [0, 0.05) is 49.9 Å². The molecule has 1 aromatic rings. The van der Waals surface area contributed by atoms with Crippen LogP contribution in [0.4, 0.5) is 5.69 Å². The monoisotopic (exact) mass is 311 g/mol. The molecule has 0 aliphatic carbocycles. The fraction of sp³-hybridized carbons (Fsp3) is 0.562. The molecule has 1 aromatic carbocycles. The van der Waals surface area contributed by atoms with E-state index in [1.165, 1.54) is 0 Å². The van der Waals surface area contributed by atoms with Crippen molar-refractivity contribution >= 4 is 23.2 Å². The Labute approximate surface area is 132 Å². The van der Waals surface area contributed by atoms with E-state index in [1.54, 1.807) is 7.05 Å². The average molecular weight is 312 g/mol. The van der Waals surface area contributed by atoms with Crippen LogP contribution in [0.25, 0.3) is 0 Å². The van der Waals surface area contributed by atoms with Crippen LogP contribution in [-0.4, -0.2) is 33.1 Å². The quantitative estimate of drug-likeness (QED) is 0.776. The van der Waals surface area contributed by atoms with Crippen LogP contribution in [0.5, 0.6) is 0 Å². The molecular formula is C16H26ClN3O. The lowest BCUT2D eigenvalue weighted by molar-refractivity contribution is -0.120. The zero-order chi connectivity index (χ0) is 15.8. The Kier molecular flexibility index (Phi) is 7.54. The molecule has 1 amide bonds. The largest absolute Gasteiger partial charge is 0.374 e. The fourth-order valence-corrected chi connectivity index (χ4v) is 2.32. The molecule has 1 rings (SSSR count). The van der Waals surface area contributed by atoms with E-state index in [1.807, 2.05) is 25.2 Å². The standard InChI is InChI=1S/C16H26ClN3O/c1-12(2)10-19-11-13-14(17)6-5-7-15(13)20(4)9-8-16(21)18-3/h5-7,12,19H,8-11H2,1-4H3,(H,18,21). The average Bonchev–Trinajstić information content (AvgIpc) is 2.45. The summed E-state index contributed by atoms with van der Waals surface area (Å²) in [5.74, 6) is 0.644. The molecule has 0 saturated heterocycles. The van der Waals surface area contributed by atoms with Gasteiger partial charge in [0.1, 0.15) is 0 Å². The minimum atomic E-state index is 0.0448. The summed E-state index contributed by atoms with van der Waals surface area (Å²) in [7, 11) is 3.64. The Bertz CT molecular complexity index is 463. The van der Waals surface area contributed by atoms with Crippen LogP contribution in [0.2, 0.25) is 5.02 Å². The predicted octanol–water partition coefficient (Wildman–Crippen LogP) is 2.66. The van der Waals surface area contributed by atoms with E-state index < -0.39 is 0 Å². The maximum atomic E-state index is 11.4. The lowest BCUT2D eigenvalue weighted by Gasteiger charge is -2.23. The van der Waals surface area contributed by atoms with Crippen molar-refractivity contribution in [3.63, 3.8) is 0 Å². The molecule has 0 fully saturated rings. The van der Waals surface area contributed by atoms with Gasteiger partial charge in [0.15, 0.2) is 0 Å². The van der Waals surface area contributed by atoms with E-state index in [0.717, 1.165) is 29.4 Å². The first kappa shape index (κ1) is 17.8. The van der Waals surface area contributed by atoms with Gasteiger partial charge in [-0.2, -0.15) is 0 Å². The summed E-state index contributed by atoms with van der Waals surface area (Å²) in [4.78, 5) is 13.4. The third-order valence-corrected chi connectivity index (χ3v) is 3.67. The molecule has 2 N–H and O–H groups in total. The highest BCUT2D eigenvalue weighted by molar-refractivity contribution is 6.31. The predicted molar refractivity (Wildman–Crippen MR) is 90.0 cm³/mol. The first-order valence-corrected chi connectivity index (χ1v) is 7.73. The lowest BCUT2D eigenvalue weighted by atomic mass is 10.1. The van der Waals surface area contributed by atoms with Gasteiger partial charge in [-0.15, -0.1) is 0 Å². The highest BCUT2D eigenvalue weighted by Gasteiger charge is 2.12. The summed E-state index contributed by atoms with van der Waals surface area (Å²) in [5, 5.41) is 6.82. The normalized spacial score (nSPS) is 10.8. The van der Waals surface area contributed by atoms with Gasteiger partial charge in [-0.1, -0.05) is 31.5 Å². The van der Waals surface area contributed by atoms with E-state index in [0.29, 0.717) is 18.9 Å².